The number of nitrogens with two attached hydrogens (primary N) is 1. The lowest BCUT2D eigenvalue weighted by molar-refractivity contribution is 0.153. The highest BCUT2D eigenvalue weighted by Crippen LogP contribution is 2.35. The van der Waals surface area contributed by atoms with E-state index in [0.717, 1.165) is 6.54 Å². The molecule has 0 aliphatic heterocycles. The highest BCUT2D eigenvalue weighted by molar-refractivity contribution is 5.86. The Labute approximate surface area is 127 Å². The van der Waals surface area contributed by atoms with E-state index in [1.165, 1.54) is 35.6 Å². The fourth-order valence-electron chi connectivity index (χ4n) is 3.95. The smallest absolute Gasteiger partial charge is 0.0326 e. The van der Waals surface area contributed by atoms with Gasteiger partial charge >= 0.3 is 0 Å². The van der Waals surface area contributed by atoms with Crippen molar-refractivity contribution >= 4 is 10.8 Å². The van der Waals surface area contributed by atoms with Gasteiger partial charge in [0.2, 0.25) is 0 Å². The zero-order valence-electron chi connectivity index (χ0n) is 13.1. The summed E-state index contributed by atoms with van der Waals surface area (Å²) in [5.41, 5.74) is 7.39. The van der Waals surface area contributed by atoms with Gasteiger partial charge in [-0.05, 0) is 55.6 Å². The van der Waals surface area contributed by atoms with Crippen LogP contribution in [0.1, 0.15) is 37.8 Å². The van der Waals surface area contributed by atoms with Crippen LogP contribution in [0.2, 0.25) is 0 Å². The third kappa shape index (κ3) is 2.70. The van der Waals surface area contributed by atoms with Crippen molar-refractivity contribution < 1.29 is 0 Å². The molecule has 2 nitrogen and oxygen atoms in total. The molecule has 1 fully saturated rings. The molecule has 1 aliphatic rings. The lowest BCUT2D eigenvalue weighted by atomic mass is 9.95. The van der Waals surface area contributed by atoms with Gasteiger partial charge in [-0.15, -0.1) is 0 Å². The number of rotatable bonds is 4. The molecular weight excluding hydrogens is 256 g/mol. The summed E-state index contributed by atoms with van der Waals surface area (Å²) in [6, 6.07) is 16.4. The van der Waals surface area contributed by atoms with Crippen LogP contribution in [0, 0.1) is 5.92 Å². The van der Waals surface area contributed by atoms with E-state index in [9.17, 15) is 0 Å². The van der Waals surface area contributed by atoms with E-state index in [-0.39, 0.29) is 0 Å². The van der Waals surface area contributed by atoms with Crippen molar-refractivity contribution in [2.24, 2.45) is 11.7 Å². The molecular formula is C19H26N2. The van der Waals surface area contributed by atoms with Crippen LogP contribution in [-0.2, 0) is 0 Å². The molecule has 1 aliphatic carbocycles. The van der Waals surface area contributed by atoms with Gasteiger partial charge < -0.3 is 5.73 Å². The van der Waals surface area contributed by atoms with E-state index in [1.54, 1.807) is 0 Å². The monoisotopic (exact) mass is 282 g/mol. The SMILES string of the molecule is CC(c1cccc2ccccc12)N(C)C1CCCC1CN. The predicted molar refractivity (Wildman–Crippen MR) is 90.3 cm³/mol. The van der Waals surface area contributed by atoms with E-state index in [4.69, 9.17) is 5.73 Å². The fourth-order valence-corrected chi connectivity index (χ4v) is 3.95. The molecule has 0 saturated heterocycles. The summed E-state index contributed by atoms with van der Waals surface area (Å²) in [7, 11) is 2.27. The summed E-state index contributed by atoms with van der Waals surface area (Å²) in [5.74, 6) is 0.660. The minimum absolute atomic E-state index is 0.424. The first-order chi connectivity index (χ1) is 10.2. The minimum atomic E-state index is 0.424. The topological polar surface area (TPSA) is 29.3 Å². The van der Waals surface area contributed by atoms with Gasteiger partial charge in [-0.1, -0.05) is 48.9 Å². The van der Waals surface area contributed by atoms with E-state index in [1.807, 2.05) is 0 Å². The highest BCUT2D eigenvalue weighted by Gasteiger charge is 2.32. The van der Waals surface area contributed by atoms with Crippen LogP contribution in [-0.4, -0.2) is 24.5 Å². The Morgan fingerprint density at radius 3 is 2.71 bits per heavy atom. The third-order valence-corrected chi connectivity index (χ3v) is 5.33. The van der Waals surface area contributed by atoms with Crippen molar-refractivity contribution in [3.05, 3.63) is 48.0 Å². The van der Waals surface area contributed by atoms with Gasteiger partial charge in [-0.25, -0.2) is 0 Å². The molecule has 3 unspecified atom stereocenters. The van der Waals surface area contributed by atoms with Gasteiger partial charge in [0.05, 0.1) is 0 Å². The summed E-state index contributed by atoms with van der Waals surface area (Å²) in [6.45, 7) is 3.14. The van der Waals surface area contributed by atoms with Gasteiger partial charge in [0.15, 0.2) is 0 Å². The number of hydrogen-bond acceptors (Lipinski definition) is 2. The standard InChI is InChI=1S/C19H26N2/c1-14(21(2)19-12-6-9-16(19)13-20)17-11-5-8-15-7-3-4-10-18(15)17/h3-5,7-8,10-11,14,16,19H,6,9,12-13,20H2,1-2H3. The maximum Gasteiger partial charge on any atom is 0.0326 e. The molecule has 0 amide bonds. The Bertz CT molecular complexity index is 602. The second kappa shape index (κ2) is 6.17. The molecule has 3 rings (SSSR count). The molecule has 3 atom stereocenters. The molecule has 1 saturated carbocycles. The average Bonchev–Trinajstić information content (AvgIpc) is 3.01. The fraction of sp³-hybridized carbons (Fsp3) is 0.474. The quantitative estimate of drug-likeness (QED) is 0.919. The van der Waals surface area contributed by atoms with Crippen molar-refractivity contribution in [3.63, 3.8) is 0 Å². The first kappa shape index (κ1) is 14.6. The maximum atomic E-state index is 5.96. The number of nitrogens with zero attached hydrogens (tertiary/aromatic N) is 1. The van der Waals surface area contributed by atoms with Crippen molar-refractivity contribution in [2.75, 3.05) is 13.6 Å². The molecule has 2 heteroatoms. The highest BCUT2D eigenvalue weighted by atomic mass is 15.2. The van der Waals surface area contributed by atoms with Crippen LogP contribution in [0.3, 0.4) is 0 Å². The van der Waals surface area contributed by atoms with E-state index in [0.29, 0.717) is 18.0 Å². The largest absolute Gasteiger partial charge is 0.330 e. The summed E-state index contributed by atoms with van der Waals surface area (Å²) in [4.78, 5) is 2.55. The molecule has 2 N–H and O–H groups in total. The predicted octanol–water partition coefficient (Wildman–Crippen LogP) is 3.96. The Hall–Kier alpha value is -1.38. The Kier molecular flexibility index (Phi) is 4.27. The molecule has 2 aromatic rings. The van der Waals surface area contributed by atoms with E-state index < -0.39 is 0 Å². The molecule has 21 heavy (non-hydrogen) atoms. The van der Waals surface area contributed by atoms with Crippen molar-refractivity contribution in [1.82, 2.24) is 4.90 Å². The molecule has 0 radical (unpaired) electrons. The summed E-state index contributed by atoms with van der Waals surface area (Å²) in [5, 5.41) is 2.71. The second-order valence-electron chi connectivity index (χ2n) is 6.40. The number of fused-ring (bicyclic) bond motifs is 1. The minimum Gasteiger partial charge on any atom is -0.330 e. The number of hydrogen-bond donors (Lipinski definition) is 1. The summed E-state index contributed by atoms with van der Waals surface area (Å²) < 4.78 is 0. The van der Waals surface area contributed by atoms with Crippen molar-refractivity contribution in [1.29, 1.82) is 0 Å². The van der Waals surface area contributed by atoms with Crippen LogP contribution in [0.5, 0.6) is 0 Å². The third-order valence-electron chi connectivity index (χ3n) is 5.33. The first-order valence-corrected chi connectivity index (χ1v) is 8.12. The van der Waals surface area contributed by atoms with Crippen molar-refractivity contribution in [3.8, 4) is 0 Å². The second-order valence-corrected chi connectivity index (χ2v) is 6.40. The molecule has 112 valence electrons. The molecule has 2 aromatic carbocycles. The van der Waals surface area contributed by atoms with Crippen molar-refractivity contribution in [2.45, 2.75) is 38.3 Å². The van der Waals surface area contributed by atoms with Gasteiger partial charge in [0, 0.05) is 12.1 Å². The molecule has 0 heterocycles. The lowest BCUT2D eigenvalue weighted by Gasteiger charge is -2.35. The van der Waals surface area contributed by atoms with Crippen LogP contribution >= 0.6 is 0 Å². The maximum absolute atomic E-state index is 5.96. The Balaban J connectivity index is 1.91. The van der Waals surface area contributed by atoms with Gasteiger partial charge in [-0.2, -0.15) is 0 Å². The Morgan fingerprint density at radius 2 is 1.90 bits per heavy atom. The zero-order chi connectivity index (χ0) is 14.8. The van der Waals surface area contributed by atoms with Gasteiger partial charge in [0.1, 0.15) is 0 Å². The van der Waals surface area contributed by atoms with Crippen LogP contribution < -0.4 is 5.73 Å². The van der Waals surface area contributed by atoms with E-state index in [2.05, 4.69) is 61.3 Å². The van der Waals surface area contributed by atoms with Crippen LogP contribution in [0.15, 0.2) is 42.5 Å². The molecule has 0 bridgehead atoms. The van der Waals surface area contributed by atoms with Gasteiger partial charge in [-0.3, -0.25) is 4.90 Å². The molecule has 0 spiro atoms. The average molecular weight is 282 g/mol. The van der Waals surface area contributed by atoms with E-state index >= 15 is 0 Å². The molecule has 0 aromatic heterocycles. The normalized spacial score (nSPS) is 23.8. The lowest BCUT2D eigenvalue weighted by Crippen LogP contribution is -2.39. The summed E-state index contributed by atoms with van der Waals surface area (Å²) in [6.07, 6.45) is 3.89. The van der Waals surface area contributed by atoms with Crippen LogP contribution in [0.4, 0.5) is 0 Å². The Morgan fingerprint density at radius 1 is 1.14 bits per heavy atom. The zero-order valence-corrected chi connectivity index (χ0v) is 13.1. The first-order valence-electron chi connectivity index (χ1n) is 8.12. The van der Waals surface area contributed by atoms with Crippen LogP contribution in [0.25, 0.3) is 10.8 Å². The number of benzene rings is 2. The van der Waals surface area contributed by atoms with Gasteiger partial charge in [0.25, 0.3) is 0 Å². The summed E-state index contributed by atoms with van der Waals surface area (Å²) >= 11 is 0.